The van der Waals surface area contributed by atoms with Crippen LogP contribution < -0.4 is 16.0 Å². The molecule has 1 rings (SSSR count). The Hall–Kier alpha value is -0.990. The molecule has 0 aliphatic heterocycles. The molecule has 1 saturated carbocycles. The summed E-state index contributed by atoms with van der Waals surface area (Å²) in [5.74, 6) is 0.850. The van der Waals surface area contributed by atoms with E-state index in [-0.39, 0.29) is 36.1 Å². The van der Waals surface area contributed by atoms with E-state index in [2.05, 4.69) is 33.1 Å². The van der Waals surface area contributed by atoms with Gasteiger partial charge in [-0.15, -0.1) is 24.0 Å². The number of nitrogens with one attached hydrogen (secondary N) is 3. The highest BCUT2D eigenvalue weighted by Crippen LogP contribution is 2.19. The van der Waals surface area contributed by atoms with E-state index >= 15 is 0 Å². The van der Waals surface area contributed by atoms with Gasteiger partial charge in [0.2, 0.25) is 0 Å². The highest BCUT2D eigenvalue weighted by molar-refractivity contribution is 14.0. The van der Waals surface area contributed by atoms with Crippen LogP contribution in [-0.4, -0.2) is 43.3 Å². The summed E-state index contributed by atoms with van der Waals surface area (Å²) in [6, 6.07) is 0.595. The predicted molar refractivity (Wildman–Crippen MR) is 115 cm³/mol. The van der Waals surface area contributed by atoms with E-state index < -0.39 is 5.60 Å². The van der Waals surface area contributed by atoms with Crippen molar-refractivity contribution >= 4 is 36.0 Å². The van der Waals surface area contributed by atoms with Gasteiger partial charge in [0.1, 0.15) is 5.60 Å². The van der Waals surface area contributed by atoms with Crippen LogP contribution in [0.4, 0.5) is 4.79 Å². The number of hydrogen-bond donors (Lipinski definition) is 3. The Bertz CT molecular complexity index is 439. The van der Waals surface area contributed by atoms with Crippen LogP contribution in [-0.2, 0) is 4.74 Å². The SMILES string of the molecule is C/C=C/CCNC(=NC)NC1CCC(NC(=O)OC(C)(C)C)CC1.I. The topological polar surface area (TPSA) is 74.8 Å². The van der Waals surface area contributed by atoms with Gasteiger partial charge in [0, 0.05) is 25.7 Å². The van der Waals surface area contributed by atoms with E-state index in [1.165, 1.54) is 0 Å². The minimum atomic E-state index is -0.450. The number of halogens is 1. The maximum Gasteiger partial charge on any atom is 0.407 e. The standard InChI is InChI=1S/C18H34N4O2.HI/c1-6-7-8-13-20-16(19-5)21-14-9-11-15(12-10-14)22-17(23)24-18(2,3)4;/h6-7,14-15H,8-13H2,1-5H3,(H,22,23)(H2,19,20,21);1H/b7-6+;. The Kier molecular flexibility index (Phi) is 11.9. The van der Waals surface area contributed by atoms with E-state index in [4.69, 9.17) is 4.74 Å². The van der Waals surface area contributed by atoms with Gasteiger partial charge in [0.25, 0.3) is 0 Å². The zero-order valence-corrected chi connectivity index (χ0v) is 18.6. The minimum absolute atomic E-state index is 0. The van der Waals surface area contributed by atoms with Gasteiger partial charge in [-0.2, -0.15) is 0 Å². The molecule has 1 aliphatic carbocycles. The van der Waals surface area contributed by atoms with E-state index in [1.54, 1.807) is 7.05 Å². The number of nitrogens with zero attached hydrogens (tertiary/aromatic N) is 1. The molecule has 1 fully saturated rings. The summed E-state index contributed by atoms with van der Waals surface area (Å²) >= 11 is 0. The van der Waals surface area contributed by atoms with Crippen molar-refractivity contribution in [3.63, 3.8) is 0 Å². The third-order valence-corrected chi connectivity index (χ3v) is 3.85. The fourth-order valence-corrected chi connectivity index (χ4v) is 2.68. The van der Waals surface area contributed by atoms with Crippen molar-refractivity contribution in [2.24, 2.45) is 4.99 Å². The maximum atomic E-state index is 11.8. The number of rotatable bonds is 5. The van der Waals surface area contributed by atoms with Gasteiger partial charge in [-0.3, -0.25) is 4.99 Å². The second kappa shape index (κ2) is 12.4. The number of aliphatic imine (C=N–C) groups is 1. The summed E-state index contributed by atoms with van der Waals surface area (Å²) in [6.07, 6.45) is 8.78. The van der Waals surface area contributed by atoms with Crippen LogP contribution in [0.5, 0.6) is 0 Å². The number of ether oxygens (including phenoxy) is 1. The molecule has 0 aromatic heterocycles. The molecule has 146 valence electrons. The first kappa shape index (κ1) is 24.0. The zero-order chi connectivity index (χ0) is 18.0. The third-order valence-electron chi connectivity index (χ3n) is 3.85. The largest absolute Gasteiger partial charge is 0.444 e. The van der Waals surface area contributed by atoms with E-state index in [0.29, 0.717) is 6.04 Å². The Labute approximate surface area is 169 Å². The fourth-order valence-electron chi connectivity index (χ4n) is 2.68. The van der Waals surface area contributed by atoms with Crippen molar-refractivity contribution < 1.29 is 9.53 Å². The van der Waals surface area contributed by atoms with Crippen molar-refractivity contribution in [3.05, 3.63) is 12.2 Å². The molecule has 0 saturated heterocycles. The van der Waals surface area contributed by atoms with Crippen LogP contribution in [0.3, 0.4) is 0 Å². The molecule has 6 nitrogen and oxygen atoms in total. The fraction of sp³-hybridized carbons (Fsp3) is 0.778. The summed E-state index contributed by atoms with van der Waals surface area (Å²) in [4.78, 5) is 16.1. The van der Waals surface area contributed by atoms with Crippen molar-refractivity contribution in [1.82, 2.24) is 16.0 Å². The second-order valence-electron chi connectivity index (χ2n) is 7.20. The van der Waals surface area contributed by atoms with Crippen molar-refractivity contribution in [2.45, 2.75) is 77.5 Å². The van der Waals surface area contributed by atoms with Crippen molar-refractivity contribution in [1.29, 1.82) is 0 Å². The van der Waals surface area contributed by atoms with Gasteiger partial charge < -0.3 is 20.7 Å². The molecule has 0 spiro atoms. The van der Waals surface area contributed by atoms with Crippen LogP contribution in [0.1, 0.15) is 59.8 Å². The smallest absolute Gasteiger partial charge is 0.407 e. The lowest BCUT2D eigenvalue weighted by Crippen LogP contribution is -2.48. The molecule has 0 aromatic carbocycles. The number of allylic oxidation sites excluding steroid dienone is 1. The molecule has 0 aromatic rings. The van der Waals surface area contributed by atoms with E-state index in [9.17, 15) is 4.79 Å². The second-order valence-corrected chi connectivity index (χ2v) is 7.20. The normalized spacial score (nSPS) is 21.4. The number of carbonyl (C=O) groups is 1. The van der Waals surface area contributed by atoms with Gasteiger partial charge in [-0.1, -0.05) is 12.2 Å². The average Bonchev–Trinajstić information content (AvgIpc) is 2.50. The highest BCUT2D eigenvalue weighted by Gasteiger charge is 2.25. The number of carbonyl (C=O) groups excluding carboxylic acids is 1. The number of guanidine groups is 1. The van der Waals surface area contributed by atoms with Crippen LogP contribution >= 0.6 is 24.0 Å². The van der Waals surface area contributed by atoms with Gasteiger partial charge in [0.05, 0.1) is 0 Å². The molecular weight excluding hydrogens is 431 g/mol. The molecule has 25 heavy (non-hydrogen) atoms. The Morgan fingerprint density at radius 3 is 2.20 bits per heavy atom. The first-order valence-electron chi connectivity index (χ1n) is 8.92. The summed E-state index contributed by atoms with van der Waals surface area (Å²) < 4.78 is 5.31. The lowest BCUT2D eigenvalue weighted by molar-refractivity contribution is 0.0490. The average molecular weight is 466 g/mol. The summed E-state index contributed by atoms with van der Waals surface area (Å²) in [5.41, 5.74) is -0.450. The van der Waals surface area contributed by atoms with E-state index in [0.717, 1.165) is 44.6 Å². The van der Waals surface area contributed by atoms with Crippen molar-refractivity contribution in [2.75, 3.05) is 13.6 Å². The molecule has 0 heterocycles. The van der Waals surface area contributed by atoms with Crippen LogP contribution in [0.25, 0.3) is 0 Å². The quantitative estimate of drug-likeness (QED) is 0.190. The molecule has 0 bridgehead atoms. The maximum absolute atomic E-state index is 11.8. The molecule has 1 aliphatic rings. The summed E-state index contributed by atoms with van der Waals surface area (Å²) in [5, 5.41) is 9.75. The summed E-state index contributed by atoms with van der Waals surface area (Å²) in [7, 11) is 1.79. The monoisotopic (exact) mass is 466 g/mol. The van der Waals surface area contributed by atoms with Gasteiger partial charge in [-0.25, -0.2) is 4.79 Å². The van der Waals surface area contributed by atoms with E-state index in [1.807, 2.05) is 27.7 Å². The lowest BCUT2D eigenvalue weighted by atomic mass is 9.91. The van der Waals surface area contributed by atoms with Gasteiger partial charge >= 0.3 is 6.09 Å². The first-order valence-corrected chi connectivity index (χ1v) is 8.92. The van der Waals surface area contributed by atoms with Gasteiger partial charge in [0.15, 0.2) is 5.96 Å². The molecule has 0 radical (unpaired) electrons. The Morgan fingerprint density at radius 1 is 1.16 bits per heavy atom. The Morgan fingerprint density at radius 2 is 1.72 bits per heavy atom. The summed E-state index contributed by atoms with van der Waals surface area (Å²) in [6.45, 7) is 8.53. The van der Waals surface area contributed by atoms with Crippen LogP contribution in [0.15, 0.2) is 17.1 Å². The lowest BCUT2D eigenvalue weighted by Gasteiger charge is -2.31. The molecule has 3 N–H and O–H groups in total. The first-order chi connectivity index (χ1) is 11.3. The Balaban J connectivity index is 0.00000576. The number of amides is 1. The van der Waals surface area contributed by atoms with Gasteiger partial charge in [-0.05, 0) is 59.8 Å². The van der Waals surface area contributed by atoms with Crippen molar-refractivity contribution in [3.8, 4) is 0 Å². The highest BCUT2D eigenvalue weighted by atomic mass is 127. The van der Waals surface area contributed by atoms with Crippen LogP contribution in [0.2, 0.25) is 0 Å². The van der Waals surface area contributed by atoms with Crippen LogP contribution in [0, 0.1) is 0 Å². The molecule has 0 unspecified atom stereocenters. The molecular formula is C18H35IN4O2. The minimum Gasteiger partial charge on any atom is -0.444 e. The molecule has 7 heteroatoms. The third kappa shape index (κ3) is 11.3. The number of alkyl carbamates (subject to hydrolysis) is 1. The molecule has 1 amide bonds. The molecule has 0 atom stereocenters. The number of hydrogen-bond acceptors (Lipinski definition) is 3. The predicted octanol–water partition coefficient (Wildman–Crippen LogP) is 3.57. The zero-order valence-electron chi connectivity index (χ0n) is 16.2.